The zero-order valence-electron chi connectivity index (χ0n) is 22.8. The van der Waals surface area contributed by atoms with Crippen molar-refractivity contribution in [3.05, 3.63) is 77.9 Å². The molecule has 1 fully saturated rings. The van der Waals surface area contributed by atoms with E-state index in [0.717, 1.165) is 53.9 Å². The molecular weight excluding hydrogens is 492 g/mol. The maximum atomic E-state index is 13.8. The molecule has 1 saturated heterocycles. The second-order valence-corrected chi connectivity index (χ2v) is 10.7. The Kier molecular flexibility index (Phi) is 8.31. The molecule has 39 heavy (non-hydrogen) atoms. The summed E-state index contributed by atoms with van der Waals surface area (Å²) in [4.78, 5) is 34.8. The summed E-state index contributed by atoms with van der Waals surface area (Å²) in [6, 6.07) is 13.7. The van der Waals surface area contributed by atoms with Gasteiger partial charge >= 0.3 is 5.97 Å². The second-order valence-electron chi connectivity index (χ2n) is 10.7. The van der Waals surface area contributed by atoms with Gasteiger partial charge in [-0.3, -0.25) is 19.5 Å². The van der Waals surface area contributed by atoms with E-state index >= 15 is 0 Å². The van der Waals surface area contributed by atoms with Crippen molar-refractivity contribution >= 4 is 17.6 Å². The summed E-state index contributed by atoms with van der Waals surface area (Å²) in [6.45, 7) is 4.07. The van der Waals surface area contributed by atoms with Gasteiger partial charge in [0.25, 0.3) is 0 Å². The van der Waals surface area contributed by atoms with Gasteiger partial charge in [0.05, 0.1) is 31.0 Å². The highest BCUT2D eigenvalue weighted by Crippen LogP contribution is 2.41. The lowest BCUT2D eigenvalue weighted by Gasteiger charge is -2.29. The van der Waals surface area contributed by atoms with E-state index in [4.69, 9.17) is 4.74 Å². The largest absolute Gasteiger partial charge is 0.493 e. The summed E-state index contributed by atoms with van der Waals surface area (Å²) in [5.41, 5.74) is 4.08. The number of nitrogens with zero attached hydrogens (tertiary/aromatic N) is 4. The summed E-state index contributed by atoms with van der Waals surface area (Å²) < 4.78 is 7.77. The van der Waals surface area contributed by atoms with Crippen LogP contribution >= 0.6 is 0 Å². The van der Waals surface area contributed by atoms with Crippen LogP contribution in [-0.2, 0) is 29.5 Å². The first-order valence-electron chi connectivity index (χ1n) is 14.0. The molecule has 206 valence electrons. The normalized spacial score (nSPS) is 20.5. The van der Waals surface area contributed by atoms with Crippen molar-refractivity contribution in [2.24, 2.45) is 13.0 Å². The Morgan fingerprint density at radius 3 is 2.79 bits per heavy atom. The van der Waals surface area contributed by atoms with Crippen LogP contribution in [0.3, 0.4) is 0 Å². The van der Waals surface area contributed by atoms with E-state index in [2.05, 4.69) is 33.5 Å². The minimum absolute atomic E-state index is 0.0209. The first-order valence-corrected chi connectivity index (χ1v) is 14.0. The number of amides is 1. The number of hydrogen-bond acceptors (Lipinski definition) is 5. The number of carbonyl (C=O) groups is 2. The predicted molar refractivity (Wildman–Crippen MR) is 150 cm³/mol. The number of fused-ring (bicyclic) bond motifs is 1. The van der Waals surface area contributed by atoms with Gasteiger partial charge in [0, 0.05) is 56.6 Å². The van der Waals surface area contributed by atoms with Gasteiger partial charge in [-0.25, -0.2) is 0 Å². The lowest BCUT2D eigenvalue weighted by atomic mass is 9.83. The minimum atomic E-state index is -0.807. The van der Waals surface area contributed by atoms with E-state index in [-0.39, 0.29) is 24.4 Å². The van der Waals surface area contributed by atoms with E-state index in [1.165, 1.54) is 0 Å². The molecule has 0 aliphatic carbocycles. The Morgan fingerprint density at radius 1 is 1.21 bits per heavy atom. The molecule has 8 nitrogen and oxygen atoms in total. The van der Waals surface area contributed by atoms with Gasteiger partial charge in [0.2, 0.25) is 5.91 Å². The third-order valence-electron chi connectivity index (χ3n) is 8.25. The second kappa shape index (κ2) is 12.0. The molecule has 3 aromatic rings. The van der Waals surface area contributed by atoms with Crippen LogP contribution in [0, 0.1) is 5.92 Å². The van der Waals surface area contributed by atoms with E-state index in [1.54, 1.807) is 17.3 Å². The van der Waals surface area contributed by atoms with Crippen molar-refractivity contribution in [2.75, 3.05) is 31.1 Å². The summed E-state index contributed by atoms with van der Waals surface area (Å²) >= 11 is 0. The number of hydrogen-bond donors (Lipinski definition) is 1. The molecule has 1 amide bonds. The Balaban J connectivity index is 1.44. The maximum Gasteiger partial charge on any atom is 0.308 e. The standard InChI is InChI=1S/C31H38N4O4/c1-3-4-16-35(25-7-5-14-32-19-25)29(36)21-34-20-26(22-9-12-28-23(18-22)13-17-39-28)30(31(37)38)27(34)11-10-24-8-6-15-33(24)2/h5-9,12,14-15,18-19,26-27,30H,3-4,10-11,13,16-17,20-21H2,1-2H3,(H,37,38)/t26-,27+,30?/m1/s1. The SMILES string of the molecule is CCCCN(C(=O)CN1C[C@H](c2ccc3c(c2)CCO3)C(C(=O)O)[C@@H]1CCc1cccn1C)c1cccnc1. The Hall–Kier alpha value is -3.65. The smallest absolute Gasteiger partial charge is 0.308 e. The minimum Gasteiger partial charge on any atom is -0.493 e. The van der Waals surface area contributed by atoms with E-state index in [9.17, 15) is 14.7 Å². The van der Waals surface area contributed by atoms with E-state index in [0.29, 0.717) is 26.1 Å². The molecule has 0 saturated carbocycles. The fraction of sp³-hybridized carbons (Fsp3) is 0.452. The molecule has 8 heteroatoms. The Labute approximate surface area is 230 Å². The average Bonchev–Trinajstić information content (AvgIpc) is 3.66. The molecule has 1 unspecified atom stereocenters. The number of unbranched alkanes of at least 4 members (excludes halogenated alkanes) is 1. The number of pyridine rings is 1. The fourth-order valence-corrected chi connectivity index (χ4v) is 6.17. The number of aryl methyl sites for hydroxylation is 2. The van der Waals surface area contributed by atoms with E-state index < -0.39 is 11.9 Å². The van der Waals surface area contributed by atoms with Crippen molar-refractivity contribution in [1.82, 2.24) is 14.5 Å². The number of rotatable bonds is 11. The zero-order chi connectivity index (χ0) is 27.4. The highest BCUT2D eigenvalue weighted by atomic mass is 16.5. The van der Waals surface area contributed by atoms with Crippen LogP contribution in [0.4, 0.5) is 5.69 Å². The van der Waals surface area contributed by atoms with Gasteiger partial charge in [-0.2, -0.15) is 0 Å². The Morgan fingerprint density at radius 2 is 2.08 bits per heavy atom. The number of likely N-dealkylation sites (tertiary alicyclic amines) is 1. The van der Waals surface area contributed by atoms with Gasteiger partial charge in [-0.15, -0.1) is 0 Å². The molecule has 0 spiro atoms. The van der Waals surface area contributed by atoms with Gasteiger partial charge in [0.15, 0.2) is 0 Å². The quantitative estimate of drug-likeness (QED) is 0.398. The molecule has 1 aromatic carbocycles. The van der Waals surface area contributed by atoms with Crippen LogP contribution in [0.1, 0.15) is 48.9 Å². The highest BCUT2D eigenvalue weighted by molar-refractivity contribution is 5.94. The number of benzene rings is 1. The monoisotopic (exact) mass is 530 g/mol. The molecule has 0 radical (unpaired) electrons. The predicted octanol–water partition coefficient (Wildman–Crippen LogP) is 4.29. The molecule has 3 atom stereocenters. The number of carboxylic acids is 1. The third-order valence-corrected chi connectivity index (χ3v) is 8.25. The van der Waals surface area contributed by atoms with Crippen molar-refractivity contribution in [2.45, 2.75) is 51.0 Å². The number of aliphatic carboxylic acids is 1. The molecule has 2 aliphatic heterocycles. The summed E-state index contributed by atoms with van der Waals surface area (Å²) in [5.74, 6) is -0.756. The lowest BCUT2D eigenvalue weighted by Crippen LogP contribution is -2.44. The molecule has 1 N–H and O–H groups in total. The number of carboxylic acid groups (broad SMARTS) is 1. The van der Waals surface area contributed by atoms with Gasteiger partial charge in [-0.05, 0) is 60.7 Å². The number of ether oxygens (including phenoxy) is 1. The van der Waals surface area contributed by atoms with Crippen LogP contribution in [0.5, 0.6) is 5.75 Å². The van der Waals surface area contributed by atoms with Gasteiger partial charge < -0.3 is 19.3 Å². The molecular formula is C31H38N4O4. The summed E-state index contributed by atoms with van der Waals surface area (Å²) in [6.07, 6.45) is 9.53. The topological polar surface area (TPSA) is 87.9 Å². The van der Waals surface area contributed by atoms with Crippen LogP contribution in [0.2, 0.25) is 0 Å². The van der Waals surface area contributed by atoms with Crippen molar-refractivity contribution in [1.29, 1.82) is 0 Å². The van der Waals surface area contributed by atoms with Crippen LogP contribution in [-0.4, -0.2) is 63.7 Å². The summed E-state index contributed by atoms with van der Waals surface area (Å²) in [5, 5.41) is 10.5. The zero-order valence-corrected chi connectivity index (χ0v) is 22.8. The van der Waals surface area contributed by atoms with Gasteiger partial charge in [0.1, 0.15) is 5.75 Å². The summed E-state index contributed by atoms with van der Waals surface area (Å²) in [7, 11) is 2.01. The lowest BCUT2D eigenvalue weighted by molar-refractivity contribution is -0.143. The maximum absolute atomic E-state index is 13.8. The van der Waals surface area contributed by atoms with Crippen molar-refractivity contribution in [3.8, 4) is 5.75 Å². The van der Waals surface area contributed by atoms with E-state index in [1.807, 2.05) is 43.6 Å². The highest BCUT2D eigenvalue weighted by Gasteiger charge is 2.47. The Bertz CT molecular complexity index is 1290. The number of carbonyl (C=O) groups excluding carboxylic acids is 1. The van der Waals surface area contributed by atoms with Crippen molar-refractivity contribution < 1.29 is 19.4 Å². The molecule has 2 aliphatic rings. The first kappa shape index (κ1) is 26.9. The number of anilines is 1. The number of aromatic nitrogens is 2. The molecule has 5 rings (SSSR count). The van der Waals surface area contributed by atoms with Crippen LogP contribution in [0.25, 0.3) is 0 Å². The molecule has 2 aromatic heterocycles. The van der Waals surface area contributed by atoms with Crippen LogP contribution < -0.4 is 9.64 Å². The molecule has 4 heterocycles. The van der Waals surface area contributed by atoms with Gasteiger partial charge in [-0.1, -0.05) is 25.5 Å². The average molecular weight is 531 g/mol. The van der Waals surface area contributed by atoms with Crippen LogP contribution in [0.15, 0.2) is 61.1 Å². The molecule has 0 bridgehead atoms. The first-order chi connectivity index (χ1) is 19.0. The van der Waals surface area contributed by atoms with Crippen molar-refractivity contribution in [3.63, 3.8) is 0 Å². The fourth-order valence-electron chi connectivity index (χ4n) is 6.17. The third kappa shape index (κ3) is 5.86.